The zero-order chi connectivity index (χ0) is 15.4. The van der Waals surface area contributed by atoms with Crippen molar-refractivity contribution in [2.45, 2.75) is 6.92 Å². The molecule has 2 N–H and O–H groups in total. The summed E-state index contributed by atoms with van der Waals surface area (Å²) in [5.41, 5.74) is 5.81. The number of aromatic nitrogens is 1. The molecule has 21 heavy (non-hydrogen) atoms. The van der Waals surface area contributed by atoms with Crippen LogP contribution in [0.3, 0.4) is 0 Å². The van der Waals surface area contributed by atoms with Crippen molar-refractivity contribution in [2.75, 3.05) is 17.2 Å². The van der Waals surface area contributed by atoms with E-state index in [1.54, 1.807) is 31.5 Å². The Kier molecular flexibility index (Phi) is 4.13. The van der Waals surface area contributed by atoms with Crippen LogP contribution in [-0.2, 0) is 0 Å². The highest BCUT2D eigenvalue weighted by Gasteiger charge is 2.26. The third kappa shape index (κ3) is 2.81. The van der Waals surface area contributed by atoms with E-state index in [4.69, 9.17) is 5.73 Å². The first-order chi connectivity index (χ1) is 10.1. The van der Waals surface area contributed by atoms with E-state index in [9.17, 15) is 14.9 Å². The fourth-order valence-electron chi connectivity index (χ4n) is 2.05. The topological polar surface area (TPSA) is 102 Å². The third-order valence-electron chi connectivity index (χ3n) is 3.02. The van der Waals surface area contributed by atoms with Gasteiger partial charge in [-0.15, -0.1) is 0 Å². The van der Waals surface area contributed by atoms with Crippen LogP contribution in [0, 0.1) is 10.1 Å². The van der Waals surface area contributed by atoms with Crippen molar-refractivity contribution >= 4 is 23.0 Å². The summed E-state index contributed by atoms with van der Waals surface area (Å²) >= 11 is 0. The Hall–Kier alpha value is -2.96. The molecule has 0 saturated heterocycles. The number of benzene rings is 1. The molecule has 0 atom stereocenters. The Morgan fingerprint density at radius 3 is 2.57 bits per heavy atom. The van der Waals surface area contributed by atoms with Crippen LogP contribution in [0.15, 0.2) is 42.7 Å². The molecule has 0 saturated carbocycles. The van der Waals surface area contributed by atoms with E-state index in [0.29, 0.717) is 12.2 Å². The maximum absolute atomic E-state index is 12.6. The second kappa shape index (κ2) is 6.00. The number of nitrogens with zero attached hydrogens (tertiary/aromatic N) is 3. The molecule has 0 aliphatic carbocycles. The van der Waals surface area contributed by atoms with Crippen LogP contribution in [0.25, 0.3) is 0 Å². The fraction of sp³-hybridized carbons (Fsp3) is 0.143. The van der Waals surface area contributed by atoms with Crippen molar-refractivity contribution in [2.24, 2.45) is 0 Å². The molecule has 108 valence electrons. The lowest BCUT2D eigenvalue weighted by Crippen LogP contribution is -2.31. The molecule has 0 bridgehead atoms. The monoisotopic (exact) mass is 286 g/mol. The molecule has 2 aromatic rings. The van der Waals surface area contributed by atoms with Gasteiger partial charge in [0, 0.05) is 24.6 Å². The number of rotatable bonds is 4. The van der Waals surface area contributed by atoms with Crippen LogP contribution in [0.2, 0.25) is 0 Å². The minimum atomic E-state index is -0.636. The lowest BCUT2D eigenvalue weighted by Gasteiger charge is -2.20. The first-order valence-electron chi connectivity index (χ1n) is 6.31. The number of pyridine rings is 1. The second-order valence-corrected chi connectivity index (χ2v) is 4.26. The zero-order valence-corrected chi connectivity index (χ0v) is 11.4. The van der Waals surface area contributed by atoms with Crippen LogP contribution < -0.4 is 10.6 Å². The Labute approximate surface area is 121 Å². The SMILES string of the molecule is CCN(C(=O)c1cccc(N)c1[N+](=O)[O-])c1ccncc1. The lowest BCUT2D eigenvalue weighted by molar-refractivity contribution is -0.384. The molecule has 7 heteroatoms. The summed E-state index contributed by atoms with van der Waals surface area (Å²) < 4.78 is 0. The number of nitrogens with two attached hydrogens (primary N) is 1. The quantitative estimate of drug-likeness (QED) is 0.527. The second-order valence-electron chi connectivity index (χ2n) is 4.26. The molecule has 0 spiro atoms. The van der Waals surface area contributed by atoms with Gasteiger partial charge in [0.05, 0.1) is 4.92 Å². The summed E-state index contributed by atoms with van der Waals surface area (Å²) in [6, 6.07) is 7.66. The smallest absolute Gasteiger partial charge is 0.304 e. The summed E-state index contributed by atoms with van der Waals surface area (Å²) in [6.45, 7) is 2.16. The predicted octanol–water partition coefficient (Wildman–Crippen LogP) is 2.24. The maximum Gasteiger partial charge on any atom is 0.304 e. The van der Waals surface area contributed by atoms with Gasteiger partial charge in [-0.1, -0.05) is 6.07 Å². The maximum atomic E-state index is 12.6. The highest BCUT2D eigenvalue weighted by Crippen LogP contribution is 2.28. The van der Waals surface area contributed by atoms with E-state index < -0.39 is 10.8 Å². The Balaban J connectivity index is 2.49. The molecule has 0 radical (unpaired) electrons. The van der Waals surface area contributed by atoms with Crippen LogP contribution >= 0.6 is 0 Å². The largest absolute Gasteiger partial charge is 0.393 e. The predicted molar refractivity (Wildman–Crippen MR) is 79.1 cm³/mol. The first-order valence-corrected chi connectivity index (χ1v) is 6.31. The number of hydrogen-bond acceptors (Lipinski definition) is 5. The average Bonchev–Trinajstić information content (AvgIpc) is 2.48. The number of carbonyl (C=O) groups is 1. The molecule has 1 heterocycles. The molecule has 0 aliphatic heterocycles. The number of nitro benzene ring substituents is 1. The van der Waals surface area contributed by atoms with Gasteiger partial charge in [-0.05, 0) is 31.2 Å². The summed E-state index contributed by atoms with van der Waals surface area (Å²) in [4.78, 5) is 28.4. The highest BCUT2D eigenvalue weighted by atomic mass is 16.6. The van der Waals surface area contributed by atoms with Crippen molar-refractivity contribution in [1.82, 2.24) is 4.98 Å². The van der Waals surface area contributed by atoms with E-state index in [2.05, 4.69) is 4.98 Å². The van der Waals surface area contributed by atoms with E-state index in [-0.39, 0.29) is 16.9 Å². The van der Waals surface area contributed by atoms with Gasteiger partial charge in [0.2, 0.25) is 0 Å². The summed E-state index contributed by atoms with van der Waals surface area (Å²) in [5, 5.41) is 11.1. The van der Waals surface area contributed by atoms with E-state index in [1.165, 1.54) is 23.1 Å². The summed E-state index contributed by atoms with van der Waals surface area (Å²) in [7, 11) is 0. The van der Waals surface area contributed by atoms with E-state index >= 15 is 0 Å². The Morgan fingerprint density at radius 2 is 2.00 bits per heavy atom. The van der Waals surface area contributed by atoms with Gasteiger partial charge in [-0.2, -0.15) is 0 Å². The molecule has 7 nitrogen and oxygen atoms in total. The van der Waals surface area contributed by atoms with Gasteiger partial charge >= 0.3 is 5.69 Å². The van der Waals surface area contributed by atoms with Crippen LogP contribution in [-0.4, -0.2) is 22.4 Å². The van der Waals surface area contributed by atoms with Gasteiger partial charge in [0.15, 0.2) is 0 Å². The minimum Gasteiger partial charge on any atom is -0.393 e. The molecular weight excluding hydrogens is 272 g/mol. The van der Waals surface area contributed by atoms with Crippen molar-refractivity contribution < 1.29 is 9.72 Å². The number of amides is 1. The van der Waals surface area contributed by atoms with Gasteiger partial charge in [-0.25, -0.2) is 0 Å². The first kappa shape index (κ1) is 14.4. The number of carbonyl (C=O) groups excluding carboxylic acids is 1. The standard InChI is InChI=1S/C14H14N4O3/c1-2-17(10-6-8-16-9-7-10)14(19)11-4-3-5-12(15)13(11)18(20)21/h3-9H,2,15H2,1H3. The minimum absolute atomic E-state index is 0.0290. The Bertz CT molecular complexity index is 673. The average molecular weight is 286 g/mol. The number of anilines is 2. The molecule has 2 rings (SSSR count). The molecule has 1 aromatic heterocycles. The third-order valence-corrected chi connectivity index (χ3v) is 3.02. The van der Waals surface area contributed by atoms with Gasteiger partial charge < -0.3 is 10.6 Å². The van der Waals surface area contributed by atoms with E-state index in [1.807, 2.05) is 0 Å². The zero-order valence-electron chi connectivity index (χ0n) is 11.4. The molecule has 1 aromatic carbocycles. The van der Waals surface area contributed by atoms with E-state index in [0.717, 1.165) is 0 Å². The molecule has 1 amide bonds. The van der Waals surface area contributed by atoms with Gasteiger partial charge in [-0.3, -0.25) is 19.9 Å². The molecule has 0 aliphatic rings. The van der Waals surface area contributed by atoms with Gasteiger partial charge in [0.1, 0.15) is 11.3 Å². The molecular formula is C14H14N4O3. The summed E-state index contributed by atoms with van der Waals surface area (Å²) in [6.07, 6.45) is 3.11. The number of para-hydroxylation sites is 1. The van der Waals surface area contributed by atoms with Crippen molar-refractivity contribution in [3.63, 3.8) is 0 Å². The van der Waals surface area contributed by atoms with Crippen LogP contribution in [0.4, 0.5) is 17.1 Å². The van der Waals surface area contributed by atoms with Crippen molar-refractivity contribution in [3.05, 3.63) is 58.4 Å². The molecule has 0 unspecified atom stereocenters. The Morgan fingerprint density at radius 1 is 1.33 bits per heavy atom. The lowest BCUT2D eigenvalue weighted by atomic mass is 10.1. The van der Waals surface area contributed by atoms with Crippen molar-refractivity contribution in [3.8, 4) is 0 Å². The molecule has 0 fully saturated rings. The van der Waals surface area contributed by atoms with Gasteiger partial charge in [0.25, 0.3) is 5.91 Å². The summed E-state index contributed by atoms with van der Waals surface area (Å²) in [5.74, 6) is -0.470. The fourth-order valence-corrected chi connectivity index (χ4v) is 2.05. The van der Waals surface area contributed by atoms with Crippen molar-refractivity contribution in [1.29, 1.82) is 0 Å². The van der Waals surface area contributed by atoms with Crippen LogP contribution in [0.5, 0.6) is 0 Å². The number of hydrogen-bond donors (Lipinski definition) is 1. The highest BCUT2D eigenvalue weighted by molar-refractivity contribution is 6.09. The normalized spacial score (nSPS) is 10.1. The number of nitro groups is 1. The van der Waals surface area contributed by atoms with Crippen LogP contribution in [0.1, 0.15) is 17.3 Å². The number of nitrogen functional groups attached to an aromatic ring is 1.